The van der Waals surface area contributed by atoms with E-state index in [1.54, 1.807) is 0 Å². The fourth-order valence-corrected chi connectivity index (χ4v) is 3.40. The van der Waals surface area contributed by atoms with E-state index in [-0.39, 0.29) is 11.1 Å². The molecule has 2 aromatic rings. The summed E-state index contributed by atoms with van der Waals surface area (Å²) >= 11 is 0. The zero-order valence-electron chi connectivity index (χ0n) is 12.7. The maximum Gasteiger partial charge on any atom is 0.337 e. The number of methoxy groups -OCH3 is 2. The number of benzene rings is 2. The van der Waals surface area contributed by atoms with E-state index < -0.39 is 24.1 Å². The van der Waals surface area contributed by atoms with Gasteiger partial charge in [-0.1, -0.05) is 24.3 Å². The highest BCUT2D eigenvalue weighted by Crippen LogP contribution is 2.55. The van der Waals surface area contributed by atoms with Gasteiger partial charge >= 0.3 is 11.9 Å². The number of fused-ring (bicyclic) bond motifs is 6. The number of carbonyl (C=O) groups excluding carboxylic acids is 2. The lowest BCUT2D eigenvalue weighted by atomic mass is 9.84. The SMILES string of the molecule is COC(=O)C1=C(C(=O)OC)[C@@H]2O[C@H]1c1cc3ccccc3cc12. The van der Waals surface area contributed by atoms with Crippen LogP contribution in [0.2, 0.25) is 0 Å². The number of carbonyl (C=O) groups is 2. The van der Waals surface area contributed by atoms with E-state index in [4.69, 9.17) is 14.2 Å². The van der Waals surface area contributed by atoms with E-state index >= 15 is 0 Å². The van der Waals surface area contributed by atoms with Crippen molar-refractivity contribution >= 4 is 22.7 Å². The van der Waals surface area contributed by atoms with Gasteiger partial charge in [0.15, 0.2) is 0 Å². The molecule has 0 spiro atoms. The second-order valence-corrected chi connectivity index (χ2v) is 5.53. The Morgan fingerprint density at radius 3 is 1.70 bits per heavy atom. The molecule has 0 fully saturated rings. The van der Waals surface area contributed by atoms with Gasteiger partial charge < -0.3 is 14.2 Å². The van der Waals surface area contributed by atoms with Crippen molar-refractivity contribution in [3.8, 4) is 0 Å². The van der Waals surface area contributed by atoms with Crippen LogP contribution < -0.4 is 0 Å². The van der Waals surface area contributed by atoms with E-state index in [0.29, 0.717) is 0 Å². The fourth-order valence-electron chi connectivity index (χ4n) is 3.40. The molecule has 2 aromatic carbocycles. The summed E-state index contributed by atoms with van der Waals surface area (Å²) in [6.45, 7) is 0. The number of esters is 2. The third-order valence-electron chi connectivity index (χ3n) is 4.41. The van der Waals surface area contributed by atoms with Crippen LogP contribution in [0.15, 0.2) is 47.5 Å². The van der Waals surface area contributed by atoms with Gasteiger partial charge in [0.25, 0.3) is 0 Å². The molecule has 2 bridgehead atoms. The van der Waals surface area contributed by atoms with E-state index in [1.807, 2.05) is 36.4 Å². The van der Waals surface area contributed by atoms with Crippen molar-refractivity contribution in [3.63, 3.8) is 0 Å². The topological polar surface area (TPSA) is 61.8 Å². The molecule has 4 rings (SSSR count). The van der Waals surface area contributed by atoms with Crippen LogP contribution in [-0.2, 0) is 23.8 Å². The predicted octanol–water partition coefficient (Wildman–Crippen LogP) is 2.61. The van der Waals surface area contributed by atoms with Crippen molar-refractivity contribution < 1.29 is 23.8 Å². The summed E-state index contributed by atoms with van der Waals surface area (Å²) < 4.78 is 15.6. The zero-order chi connectivity index (χ0) is 16.1. The average molecular weight is 310 g/mol. The van der Waals surface area contributed by atoms with E-state index in [9.17, 15) is 9.59 Å². The molecule has 2 aliphatic heterocycles. The first-order chi connectivity index (χ1) is 11.2. The molecule has 2 atom stereocenters. The third-order valence-corrected chi connectivity index (χ3v) is 4.41. The standard InChI is InChI=1S/C18H14O5/c1-21-17(19)13-14(18(20)22-2)16-12-8-10-6-4-3-5-9(10)7-11(12)15(13)23-16/h3-8,15-16H,1-2H3/t15-,16+. The van der Waals surface area contributed by atoms with E-state index in [1.165, 1.54) is 14.2 Å². The quantitative estimate of drug-likeness (QED) is 0.798. The van der Waals surface area contributed by atoms with Gasteiger partial charge in [0.2, 0.25) is 0 Å². The molecule has 2 aliphatic rings. The predicted molar refractivity (Wildman–Crippen MR) is 81.6 cm³/mol. The number of hydrogen-bond acceptors (Lipinski definition) is 5. The average Bonchev–Trinajstić information content (AvgIpc) is 3.14. The lowest BCUT2D eigenvalue weighted by Gasteiger charge is -2.17. The molecule has 0 aromatic heterocycles. The van der Waals surface area contributed by atoms with Crippen molar-refractivity contribution in [2.75, 3.05) is 14.2 Å². The minimum Gasteiger partial charge on any atom is -0.466 e. The Kier molecular flexibility index (Phi) is 2.99. The summed E-state index contributed by atoms with van der Waals surface area (Å²) in [7, 11) is 2.58. The zero-order valence-corrected chi connectivity index (χ0v) is 12.7. The third kappa shape index (κ3) is 1.83. The summed E-state index contributed by atoms with van der Waals surface area (Å²) in [5, 5.41) is 2.12. The van der Waals surface area contributed by atoms with Crippen LogP contribution in [0.25, 0.3) is 10.8 Å². The van der Waals surface area contributed by atoms with Crippen molar-refractivity contribution in [2.24, 2.45) is 0 Å². The molecule has 0 saturated carbocycles. The molecule has 0 saturated heterocycles. The Bertz CT molecular complexity index is 810. The van der Waals surface area contributed by atoms with Gasteiger partial charge in [-0.05, 0) is 34.0 Å². The lowest BCUT2D eigenvalue weighted by Crippen LogP contribution is -2.19. The van der Waals surface area contributed by atoms with Crippen molar-refractivity contribution in [1.29, 1.82) is 0 Å². The maximum atomic E-state index is 12.1. The summed E-state index contributed by atoms with van der Waals surface area (Å²) in [5.41, 5.74) is 2.29. The Balaban J connectivity index is 1.93. The molecule has 116 valence electrons. The molecule has 0 unspecified atom stereocenters. The molecule has 0 amide bonds. The smallest absolute Gasteiger partial charge is 0.337 e. The van der Waals surface area contributed by atoms with Crippen LogP contribution in [0.1, 0.15) is 23.3 Å². The lowest BCUT2D eigenvalue weighted by molar-refractivity contribution is -0.139. The van der Waals surface area contributed by atoms with Crippen molar-refractivity contribution in [2.45, 2.75) is 12.2 Å². The Hall–Kier alpha value is -2.66. The molecular formula is C18H14O5. The second kappa shape index (κ2) is 4.93. The monoisotopic (exact) mass is 310 g/mol. The van der Waals surface area contributed by atoms with Crippen LogP contribution in [0.3, 0.4) is 0 Å². The number of rotatable bonds is 2. The van der Waals surface area contributed by atoms with Crippen molar-refractivity contribution in [1.82, 2.24) is 0 Å². The molecular weight excluding hydrogens is 296 g/mol. The van der Waals surface area contributed by atoms with Gasteiger partial charge in [0, 0.05) is 0 Å². The van der Waals surface area contributed by atoms with Crippen LogP contribution in [0.4, 0.5) is 0 Å². The highest BCUT2D eigenvalue weighted by molar-refractivity contribution is 6.04. The Morgan fingerprint density at radius 1 is 0.870 bits per heavy atom. The van der Waals surface area contributed by atoms with E-state index in [0.717, 1.165) is 21.9 Å². The summed E-state index contributed by atoms with van der Waals surface area (Å²) in [6, 6.07) is 11.9. The largest absolute Gasteiger partial charge is 0.466 e. The van der Waals surface area contributed by atoms with Gasteiger partial charge in [-0.2, -0.15) is 0 Å². The Morgan fingerprint density at radius 2 is 1.30 bits per heavy atom. The molecule has 2 heterocycles. The van der Waals surface area contributed by atoms with Gasteiger partial charge in [0.1, 0.15) is 12.2 Å². The normalized spacial score (nSPS) is 21.5. The van der Waals surface area contributed by atoms with E-state index in [2.05, 4.69) is 0 Å². The molecule has 0 aliphatic carbocycles. The van der Waals surface area contributed by atoms with Crippen LogP contribution in [0.5, 0.6) is 0 Å². The Labute approximate surface area is 132 Å². The minimum atomic E-state index is -0.582. The first kappa shape index (κ1) is 14.0. The molecule has 23 heavy (non-hydrogen) atoms. The molecule has 5 heteroatoms. The fraction of sp³-hybridized carbons (Fsp3) is 0.222. The highest BCUT2D eigenvalue weighted by Gasteiger charge is 2.50. The number of ether oxygens (including phenoxy) is 3. The molecule has 0 radical (unpaired) electrons. The van der Waals surface area contributed by atoms with Gasteiger partial charge in [-0.25, -0.2) is 9.59 Å². The minimum absolute atomic E-state index is 0.243. The molecule has 5 nitrogen and oxygen atoms in total. The van der Waals surface area contributed by atoms with Gasteiger partial charge in [-0.15, -0.1) is 0 Å². The van der Waals surface area contributed by atoms with Gasteiger partial charge in [-0.3, -0.25) is 0 Å². The molecule has 0 N–H and O–H groups in total. The van der Waals surface area contributed by atoms with Gasteiger partial charge in [0.05, 0.1) is 25.4 Å². The van der Waals surface area contributed by atoms with Crippen molar-refractivity contribution in [3.05, 3.63) is 58.7 Å². The van der Waals surface area contributed by atoms with Crippen LogP contribution >= 0.6 is 0 Å². The highest BCUT2D eigenvalue weighted by atomic mass is 16.5. The number of hydrogen-bond donors (Lipinski definition) is 0. The summed E-state index contributed by atoms with van der Waals surface area (Å²) in [4.78, 5) is 24.3. The first-order valence-corrected chi connectivity index (χ1v) is 7.24. The summed E-state index contributed by atoms with van der Waals surface area (Å²) in [5.74, 6) is -1.12. The van der Waals surface area contributed by atoms with Crippen LogP contribution in [-0.4, -0.2) is 26.2 Å². The maximum absolute atomic E-state index is 12.1. The first-order valence-electron chi connectivity index (χ1n) is 7.24. The van der Waals surface area contributed by atoms with Crippen LogP contribution in [0, 0.1) is 0 Å². The second-order valence-electron chi connectivity index (χ2n) is 5.53. The summed E-state index contributed by atoms with van der Waals surface area (Å²) in [6.07, 6.45) is -1.16.